The second kappa shape index (κ2) is 5.18. The number of nitrogens with one attached hydrogen (secondary N) is 2. The second-order valence-electron chi connectivity index (χ2n) is 4.33. The molecule has 0 aliphatic carbocycles. The van der Waals surface area contributed by atoms with Gasteiger partial charge in [0.1, 0.15) is 5.82 Å². The van der Waals surface area contributed by atoms with E-state index in [0.717, 1.165) is 10.9 Å². The van der Waals surface area contributed by atoms with Gasteiger partial charge < -0.3 is 15.4 Å². The number of fused-ring (bicyclic) bond motifs is 1. The lowest BCUT2D eigenvalue weighted by Crippen LogP contribution is -2.35. The fourth-order valence-electron chi connectivity index (χ4n) is 1.85. The number of carbonyl (C=O) groups is 1. The van der Waals surface area contributed by atoms with Gasteiger partial charge in [-0.3, -0.25) is 4.79 Å². The number of carbonyl (C=O) groups excluding carboxylic acids is 1. The molecule has 1 amide bonds. The minimum atomic E-state index is -0.311. The lowest BCUT2D eigenvalue weighted by atomic mass is 10.1. The standard InChI is InChI=1S/C13H15FN2O2/c1-8(7-17)16-13(18)4-9-6-15-12-5-10(14)2-3-11(9)12/h2-3,5-6,8,15,17H,4,7H2,1H3,(H,16,18). The van der Waals surface area contributed by atoms with E-state index >= 15 is 0 Å². The summed E-state index contributed by atoms with van der Waals surface area (Å²) in [5.41, 5.74) is 1.49. The molecule has 0 aliphatic heterocycles. The van der Waals surface area contributed by atoms with Crippen LogP contribution in [0.4, 0.5) is 4.39 Å². The van der Waals surface area contributed by atoms with Gasteiger partial charge in [-0.05, 0) is 30.7 Å². The summed E-state index contributed by atoms with van der Waals surface area (Å²) in [5, 5.41) is 12.4. The average Bonchev–Trinajstić information content (AvgIpc) is 2.71. The number of aliphatic hydroxyl groups excluding tert-OH is 1. The molecule has 96 valence electrons. The summed E-state index contributed by atoms with van der Waals surface area (Å²) in [6, 6.07) is 4.15. The average molecular weight is 250 g/mol. The third kappa shape index (κ3) is 2.68. The first-order chi connectivity index (χ1) is 8.60. The Balaban J connectivity index is 2.15. The van der Waals surface area contributed by atoms with Gasteiger partial charge in [-0.2, -0.15) is 0 Å². The van der Waals surface area contributed by atoms with Crippen molar-refractivity contribution in [3.05, 3.63) is 35.8 Å². The highest BCUT2D eigenvalue weighted by Gasteiger charge is 2.11. The van der Waals surface area contributed by atoms with Crippen LogP contribution in [0.2, 0.25) is 0 Å². The van der Waals surface area contributed by atoms with Crippen molar-refractivity contribution >= 4 is 16.8 Å². The summed E-state index contributed by atoms with van der Waals surface area (Å²) in [6.45, 7) is 1.63. The van der Waals surface area contributed by atoms with E-state index < -0.39 is 0 Å². The Hall–Kier alpha value is -1.88. The van der Waals surface area contributed by atoms with E-state index in [1.165, 1.54) is 12.1 Å². The highest BCUT2D eigenvalue weighted by molar-refractivity contribution is 5.88. The molecule has 2 rings (SSSR count). The van der Waals surface area contributed by atoms with E-state index in [9.17, 15) is 9.18 Å². The molecule has 1 heterocycles. The molecule has 4 nitrogen and oxygen atoms in total. The Labute approximate surface area is 104 Å². The number of aromatic amines is 1. The topological polar surface area (TPSA) is 65.1 Å². The minimum absolute atomic E-state index is 0.0924. The van der Waals surface area contributed by atoms with E-state index in [-0.39, 0.29) is 30.8 Å². The van der Waals surface area contributed by atoms with Crippen molar-refractivity contribution in [2.45, 2.75) is 19.4 Å². The monoisotopic (exact) mass is 250 g/mol. The molecule has 1 aromatic heterocycles. The second-order valence-corrected chi connectivity index (χ2v) is 4.33. The predicted molar refractivity (Wildman–Crippen MR) is 66.7 cm³/mol. The molecular weight excluding hydrogens is 235 g/mol. The van der Waals surface area contributed by atoms with Crippen LogP contribution >= 0.6 is 0 Å². The van der Waals surface area contributed by atoms with E-state index in [4.69, 9.17) is 5.11 Å². The van der Waals surface area contributed by atoms with Gasteiger partial charge in [0.05, 0.1) is 13.0 Å². The number of hydrogen-bond acceptors (Lipinski definition) is 2. The number of aliphatic hydroxyl groups is 1. The van der Waals surface area contributed by atoms with Crippen molar-refractivity contribution in [2.75, 3.05) is 6.61 Å². The van der Waals surface area contributed by atoms with Crippen molar-refractivity contribution in [1.29, 1.82) is 0 Å². The summed E-state index contributed by atoms with van der Waals surface area (Å²) in [5.74, 6) is -0.476. The zero-order chi connectivity index (χ0) is 13.1. The fourth-order valence-corrected chi connectivity index (χ4v) is 1.85. The third-order valence-corrected chi connectivity index (χ3v) is 2.76. The van der Waals surface area contributed by atoms with Crippen LogP contribution < -0.4 is 5.32 Å². The number of aromatic nitrogens is 1. The molecule has 5 heteroatoms. The molecule has 18 heavy (non-hydrogen) atoms. The number of rotatable bonds is 4. The largest absolute Gasteiger partial charge is 0.394 e. The fraction of sp³-hybridized carbons (Fsp3) is 0.308. The molecule has 0 saturated heterocycles. The predicted octanol–water partition coefficient (Wildman–Crippen LogP) is 1.35. The zero-order valence-electron chi connectivity index (χ0n) is 10.0. The van der Waals surface area contributed by atoms with Gasteiger partial charge in [0.25, 0.3) is 0 Å². The number of halogens is 1. The summed E-state index contributed by atoms with van der Waals surface area (Å²) in [4.78, 5) is 14.6. The van der Waals surface area contributed by atoms with Crippen molar-refractivity contribution in [3.8, 4) is 0 Å². The lowest BCUT2D eigenvalue weighted by Gasteiger charge is -2.10. The van der Waals surface area contributed by atoms with Gasteiger partial charge in [-0.1, -0.05) is 0 Å². The number of hydrogen-bond donors (Lipinski definition) is 3. The van der Waals surface area contributed by atoms with Gasteiger partial charge >= 0.3 is 0 Å². The normalized spacial score (nSPS) is 12.6. The van der Waals surface area contributed by atoms with Crippen LogP contribution in [0.15, 0.2) is 24.4 Å². The van der Waals surface area contributed by atoms with Crippen LogP contribution in [0, 0.1) is 5.82 Å². The maximum absolute atomic E-state index is 13.0. The van der Waals surface area contributed by atoms with Gasteiger partial charge in [0.15, 0.2) is 0 Å². The van der Waals surface area contributed by atoms with Crippen LogP contribution in [-0.4, -0.2) is 28.6 Å². The summed E-state index contributed by atoms with van der Waals surface area (Å²) < 4.78 is 13.0. The summed E-state index contributed by atoms with van der Waals surface area (Å²) >= 11 is 0. The van der Waals surface area contributed by atoms with Crippen LogP contribution in [0.5, 0.6) is 0 Å². The number of amides is 1. The highest BCUT2D eigenvalue weighted by Crippen LogP contribution is 2.19. The number of benzene rings is 1. The number of H-pyrrole nitrogens is 1. The summed E-state index contributed by atoms with van der Waals surface area (Å²) in [7, 11) is 0. The Morgan fingerprint density at radius 3 is 3.06 bits per heavy atom. The molecule has 0 spiro atoms. The Kier molecular flexibility index (Phi) is 3.62. The van der Waals surface area contributed by atoms with Crippen molar-refractivity contribution in [2.24, 2.45) is 0 Å². The Bertz CT molecular complexity index is 565. The van der Waals surface area contributed by atoms with E-state index in [0.29, 0.717) is 5.52 Å². The molecule has 0 radical (unpaired) electrons. The van der Waals surface area contributed by atoms with Gasteiger partial charge in [0.2, 0.25) is 5.91 Å². The minimum Gasteiger partial charge on any atom is -0.394 e. The Morgan fingerprint density at radius 1 is 1.56 bits per heavy atom. The van der Waals surface area contributed by atoms with Crippen LogP contribution in [0.25, 0.3) is 10.9 Å². The van der Waals surface area contributed by atoms with E-state index in [2.05, 4.69) is 10.3 Å². The molecular formula is C13H15FN2O2. The maximum Gasteiger partial charge on any atom is 0.224 e. The van der Waals surface area contributed by atoms with E-state index in [1.807, 2.05) is 0 Å². The van der Waals surface area contributed by atoms with Crippen LogP contribution in [-0.2, 0) is 11.2 Å². The highest BCUT2D eigenvalue weighted by atomic mass is 19.1. The van der Waals surface area contributed by atoms with Gasteiger partial charge in [-0.25, -0.2) is 4.39 Å². The Morgan fingerprint density at radius 2 is 2.33 bits per heavy atom. The summed E-state index contributed by atoms with van der Waals surface area (Å²) in [6.07, 6.45) is 1.91. The maximum atomic E-state index is 13.0. The molecule has 0 fully saturated rings. The van der Waals surface area contributed by atoms with Crippen molar-refractivity contribution < 1.29 is 14.3 Å². The van der Waals surface area contributed by atoms with Crippen LogP contribution in [0.3, 0.4) is 0 Å². The first-order valence-corrected chi connectivity index (χ1v) is 5.76. The first kappa shape index (κ1) is 12.6. The van der Waals surface area contributed by atoms with Crippen molar-refractivity contribution in [3.63, 3.8) is 0 Å². The molecule has 3 N–H and O–H groups in total. The molecule has 1 atom stereocenters. The zero-order valence-corrected chi connectivity index (χ0v) is 10.0. The van der Waals surface area contributed by atoms with Gasteiger partial charge in [-0.15, -0.1) is 0 Å². The first-order valence-electron chi connectivity index (χ1n) is 5.76. The molecule has 1 unspecified atom stereocenters. The van der Waals surface area contributed by atoms with E-state index in [1.54, 1.807) is 19.2 Å². The van der Waals surface area contributed by atoms with Crippen LogP contribution in [0.1, 0.15) is 12.5 Å². The molecule has 0 saturated carbocycles. The third-order valence-electron chi connectivity index (χ3n) is 2.76. The molecule has 1 aromatic carbocycles. The smallest absolute Gasteiger partial charge is 0.224 e. The van der Waals surface area contributed by atoms with Gasteiger partial charge in [0, 0.05) is 23.1 Å². The SMILES string of the molecule is CC(CO)NC(=O)Cc1c[nH]c2cc(F)ccc12. The molecule has 2 aromatic rings. The van der Waals surface area contributed by atoms with Crippen molar-refractivity contribution in [1.82, 2.24) is 10.3 Å². The molecule has 0 aliphatic rings. The molecule has 0 bridgehead atoms. The quantitative estimate of drug-likeness (QED) is 0.766. The lowest BCUT2D eigenvalue weighted by molar-refractivity contribution is -0.121.